The van der Waals surface area contributed by atoms with Crippen molar-refractivity contribution in [2.24, 2.45) is 4.99 Å². The van der Waals surface area contributed by atoms with E-state index in [1.807, 2.05) is 25.3 Å². The molecule has 1 fully saturated rings. The van der Waals surface area contributed by atoms with Gasteiger partial charge in [-0.25, -0.2) is 4.79 Å². The summed E-state index contributed by atoms with van der Waals surface area (Å²) in [5.74, 6) is -0.165. The minimum Gasteiger partial charge on any atom is -0.453 e. The van der Waals surface area contributed by atoms with Crippen molar-refractivity contribution in [1.82, 2.24) is 15.5 Å². The van der Waals surface area contributed by atoms with Crippen LogP contribution in [-0.4, -0.2) is 75.2 Å². The first-order chi connectivity index (χ1) is 20.0. The standard InChI is InChI=1S/C30H39BN4O5S2/c1-8-14-35(25(36)17-34-28(37)38-7)15-13-33-16-24(32-6)21-11-9-20(10-12-21)22-18-41-27-23(19-42-26(22)27)31-39-29(2,3)30(4,5)40-31/h9-12,16,18-19,33H,6,8,13-15,17H2,1-5,7H3,(H,34,37)/b24-16-. The van der Waals surface area contributed by atoms with Crippen LogP contribution in [0.25, 0.3) is 26.2 Å². The van der Waals surface area contributed by atoms with Crippen LogP contribution in [0.4, 0.5) is 4.79 Å². The average Bonchev–Trinajstić information content (AvgIpc) is 3.62. The van der Waals surface area contributed by atoms with E-state index in [9.17, 15) is 9.59 Å². The van der Waals surface area contributed by atoms with E-state index in [-0.39, 0.29) is 30.8 Å². The molecule has 2 N–H and O–H groups in total. The van der Waals surface area contributed by atoms with Gasteiger partial charge >= 0.3 is 13.2 Å². The summed E-state index contributed by atoms with van der Waals surface area (Å²) in [6.45, 7) is 15.5. The second-order valence-corrected chi connectivity index (χ2v) is 12.8. The first-order valence-corrected chi connectivity index (χ1v) is 15.7. The van der Waals surface area contributed by atoms with E-state index in [2.05, 4.69) is 77.7 Å². The normalized spacial score (nSPS) is 16.0. The van der Waals surface area contributed by atoms with Crippen LogP contribution in [0.5, 0.6) is 0 Å². The van der Waals surface area contributed by atoms with E-state index in [1.54, 1.807) is 27.6 Å². The lowest BCUT2D eigenvalue weighted by molar-refractivity contribution is -0.130. The Hall–Kier alpha value is -3.19. The molecule has 2 aromatic heterocycles. The Morgan fingerprint density at radius 2 is 1.74 bits per heavy atom. The van der Waals surface area contributed by atoms with E-state index < -0.39 is 6.09 Å². The Morgan fingerprint density at radius 1 is 1.07 bits per heavy atom. The molecule has 9 nitrogen and oxygen atoms in total. The van der Waals surface area contributed by atoms with Gasteiger partial charge in [-0.3, -0.25) is 9.79 Å². The Labute approximate surface area is 256 Å². The topological polar surface area (TPSA) is 101 Å². The fourth-order valence-electron chi connectivity index (χ4n) is 4.54. The minimum absolute atomic E-state index is 0.101. The van der Waals surface area contributed by atoms with Gasteiger partial charge in [0.2, 0.25) is 5.91 Å². The second kappa shape index (κ2) is 13.4. The summed E-state index contributed by atoms with van der Waals surface area (Å²) >= 11 is 3.43. The molecule has 1 aliphatic rings. The molecular formula is C30H39BN4O5S2. The predicted molar refractivity (Wildman–Crippen MR) is 174 cm³/mol. The van der Waals surface area contributed by atoms with Crippen molar-refractivity contribution in [2.75, 3.05) is 33.3 Å². The molecule has 1 aliphatic heterocycles. The van der Waals surface area contributed by atoms with E-state index in [0.29, 0.717) is 25.3 Å². The number of nitrogens with zero attached hydrogens (tertiary/aromatic N) is 2. The Balaban J connectivity index is 1.40. The van der Waals surface area contributed by atoms with Crippen LogP contribution in [-0.2, 0) is 18.8 Å². The molecule has 0 unspecified atom stereocenters. The van der Waals surface area contributed by atoms with Crippen LogP contribution in [0.2, 0.25) is 0 Å². The number of thiophene rings is 2. The number of benzene rings is 1. The number of hydrogen-bond acceptors (Lipinski definition) is 9. The summed E-state index contributed by atoms with van der Waals surface area (Å²) in [6, 6.07) is 8.27. The van der Waals surface area contributed by atoms with E-state index >= 15 is 0 Å². The van der Waals surface area contributed by atoms with Crippen LogP contribution < -0.4 is 16.1 Å². The van der Waals surface area contributed by atoms with E-state index in [4.69, 9.17) is 9.31 Å². The maximum atomic E-state index is 12.5. The van der Waals surface area contributed by atoms with Gasteiger partial charge < -0.3 is 29.6 Å². The largest absolute Gasteiger partial charge is 0.497 e. The summed E-state index contributed by atoms with van der Waals surface area (Å²) in [5, 5.41) is 10.0. The van der Waals surface area contributed by atoms with Crippen LogP contribution in [0.1, 0.15) is 46.6 Å². The van der Waals surface area contributed by atoms with Crippen LogP contribution in [0.15, 0.2) is 46.2 Å². The molecule has 0 atom stereocenters. The number of nitrogens with one attached hydrogen (secondary N) is 2. The van der Waals surface area contributed by atoms with Crippen LogP contribution in [0, 0.1) is 0 Å². The van der Waals surface area contributed by atoms with Gasteiger partial charge in [0.1, 0.15) is 6.54 Å². The average molecular weight is 611 g/mol. The number of methoxy groups -OCH3 is 1. The van der Waals surface area contributed by atoms with Gasteiger partial charge in [-0.2, -0.15) is 0 Å². The Bertz CT molecular complexity index is 1430. The molecule has 0 aliphatic carbocycles. The zero-order valence-electron chi connectivity index (χ0n) is 25.1. The van der Waals surface area contributed by atoms with Crippen molar-refractivity contribution < 1.29 is 23.6 Å². The summed E-state index contributed by atoms with van der Waals surface area (Å²) in [6.07, 6.45) is 1.99. The molecule has 3 aromatic rings. The molecule has 224 valence electrons. The molecule has 1 saturated heterocycles. The van der Waals surface area contributed by atoms with Crippen molar-refractivity contribution in [3.63, 3.8) is 0 Å². The third kappa shape index (κ3) is 6.89. The number of ether oxygens (including phenoxy) is 1. The summed E-state index contributed by atoms with van der Waals surface area (Å²) < 4.78 is 19.6. The molecule has 42 heavy (non-hydrogen) atoms. The van der Waals surface area contributed by atoms with Gasteiger partial charge in [-0.1, -0.05) is 31.2 Å². The first-order valence-electron chi connectivity index (χ1n) is 14.0. The number of carbonyl (C=O) groups excluding carboxylic acids is 2. The van der Waals surface area contributed by atoms with Gasteiger partial charge in [0.15, 0.2) is 0 Å². The van der Waals surface area contributed by atoms with E-state index in [0.717, 1.165) is 23.0 Å². The molecule has 0 radical (unpaired) electrons. The highest BCUT2D eigenvalue weighted by atomic mass is 32.1. The molecule has 12 heteroatoms. The highest BCUT2D eigenvalue weighted by Gasteiger charge is 2.52. The summed E-state index contributed by atoms with van der Waals surface area (Å²) in [4.78, 5) is 29.7. The second-order valence-electron chi connectivity index (χ2n) is 11.0. The van der Waals surface area contributed by atoms with Crippen molar-refractivity contribution in [3.05, 3.63) is 46.8 Å². The lowest BCUT2D eigenvalue weighted by Crippen LogP contribution is -2.42. The lowest BCUT2D eigenvalue weighted by Gasteiger charge is -2.32. The monoisotopic (exact) mass is 610 g/mol. The molecule has 3 heterocycles. The highest BCUT2D eigenvalue weighted by Crippen LogP contribution is 2.41. The SMILES string of the molecule is C=N/C(=C\NCCN(CCC)C(=O)CNC(=O)OC)c1ccc(-c2csc3c(B4OC(C)(C)C(C)(C)O4)csc23)cc1. The Kier molecular flexibility index (Phi) is 10.1. The number of hydrogen-bond donors (Lipinski definition) is 2. The van der Waals surface area contributed by atoms with Gasteiger partial charge in [-0.05, 0) is 51.8 Å². The predicted octanol–water partition coefficient (Wildman–Crippen LogP) is 5.11. The quantitative estimate of drug-likeness (QED) is 0.168. The van der Waals surface area contributed by atoms with Crippen molar-refractivity contribution >= 4 is 69.1 Å². The number of aliphatic imine (C=N–C) groups is 1. The lowest BCUT2D eigenvalue weighted by atomic mass is 9.81. The summed E-state index contributed by atoms with van der Waals surface area (Å²) in [7, 11) is 0.891. The van der Waals surface area contributed by atoms with Crippen molar-refractivity contribution in [2.45, 2.75) is 52.2 Å². The Morgan fingerprint density at radius 3 is 2.36 bits per heavy atom. The van der Waals surface area contributed by atoms with E-state index in [1.165, 1.54) is 22.1 Å². The van der Waals surface area contributed by atoms with Crippen molar-refractivity contribution in [1.29, 1.82) is 0 Å². The number of rotatable bonds is 12. The zero-order chi connectivity index (χ0) is 30.5. The summed E-state index contributed by atoms with van der Waals surface area (Å²) in [5.41, 5.74) is 4.28. The van der Waals surface area contributed by atoms with Crippen LogP contribution in [0.3, 0.4) is 0 Å². The zero-order valence-corrected chi connectivity index (χ0v) is 26.7. The molecule has 0 saturated carbocycles. The van der Waals surface area contributed by atoms with Crippen LogP contribution >= 0.6 is 22.7 Å². The van der Waals surface area contributed by atoms with Gasteiger partial charge in [-0.15, -0.1) is 22.7 Å². The molecule has 2 amide bonds. The maximum Gasteiger partial charge on any atom is 0.497 e. The first kappa shape index (κ1) is 31.7. The molecule has 4 rings (SSSR count). The van der Waals surface area contributed by atoms with Crippen molar-refractivity contribution in [3.8, 4) is 11.1 Å². The molecule has 0 bridgehead atoms. The molecular weight excluding hydrogens is 571 g/mol. The van der Waals surface area contributed by atoms with Gasteiger partial charge in [0.05, 0.1) is 28.7 Å². The van der Waals surface area contributed by atoms with Gasteiger partial charge in [0, 0.05) is 52.5 Å². The molecule has 1 aromatic carbocycles. The number of alkyl carbamates (subject to hydrolysis) is 1. The fourth-order valence-corrected chi connectivity index (χ4v) is 6.98. The highest BCUT2D eigenvalue weighted by molar-refractivity contribution is 7.29. The number of amides is 2. The van der Waals surface area contributed by atoms with Gasteiger partial charge in [0.25, 0.3) is 0 Å². The number of fused-ring (bicyclic) bond motifs is 1. The number of carbonyl (C=O) groups is 2. The minimum atomic E-state index is -0.626. The third-order valence-electron chi connectivity index (χ3n) is 7.66. The molecule has 0 spiro atoms. The smallest absolute Gasteiger partial charge is 0.453 e. The fraction of sp³-hybridized carbons (Fsp3) is 0.433. The third-order valence-corrected chi connectivity index (χ3v) is 9.85. The maximum absolute atomic E-state index is 12.5.